The van der Waals surface area contributed by atoms with E-state index in [9.17, 15) is 22.8 Å². The summed E-state index contributed by atoms with van der Waals surface area (Å²) in [5.74, 6) is -1.16. The number of hydrogen-bond acceptors (Lipinski definition) is 5. The van der Waals surface area contributed by atoms with Gasteiger partial charge in [0.05, 0.1) is 34.6 Å². The van der Waals surface area contributed by atoms with E-state index >= 15 is 0 Å². The summed E-state index contributed by atoms with van der Waals surface area (Å²) >= 11 is 5.67. The minimum atomic E-state index is -4.64. The fraction of sp³-hybridized carbons (Fsp3) is 0.250. The number of hydrazone groups is 1. The molecular weight excluding hydrogens is 559 g/mol. The number of benzene rings is 3. The lowest BCUT2D eigenvalue weighted by molar-refractivity contribution is -0.137. The summed E-state index contributed by atoms with van der Waals surface area (Å²) < 4.78 is 39.6. The van der Waals surface area contributed by atoms with E-state index in [1.165, 1.54) is 6.07 Å². The summed E-state index contributed by atoms with van der Waals surface area (Å²) in [7, 11) is 0. The highest BCUT2D eigenvalue weighted by molar-refractivity contribution is 6.31. The molecule has 0 unspecified atom stereocenters. The van der Waals surface area contributed by atoms with Crippen molar-refractivity contribution < 1.29 is 22.8 Å². The van der Waals surface area contributed by atoms with E-state index in [1.807, 2.05) is 6.07 Å². The Bertz CT molecular complexity index is 1510. The Morgan fingerprint density at radius 1 is 1.02 bits per heavy atom. The van der Waals surface area contributed by atoms with Gasteiger partial charge in [0.15, 0.2) is 0 Å². The molecule has 0 saturated carbocycles. The van der Waals surface area contributed by atoms with Gasteiger partial charge in [0, 0.05) is 29.3 Å². The molecule has 41 heavy (non-hydrogen) atoms. The second-order valence-electron chi connectivity index (χ2n) is 9.26. The summed E-state index contributed by atoms with van der Waals surface area (Å²) in [4.78, 5) is 31.1. The van der Waals surface area contributed by atoms with Crippen LogP contribution in [0, 0.1) is 0 Å². The summed E-state index contributed by atoms with van der Waals surface area (Å²) in [5.41, 5.74) is 12.0. The second-order valence-corrected chi connectivity index (χ2v) is 9.66. The molecule has 0 spiro atoms. The Labute approximate surface area is 238 Å². The fourth-order valence-corrected chi connectivity index (χ4v) is 4.59. The molecule has 0 atom stereocenters. The average Bonchev–Trinajstić information content (AvgIpc) is 2.97. The Kier molecular flexibility index (Phi) is 9.49. The van der Waals surface area contributed by atoms with E-state index in [0.29, 0.717) is 11.1 Å². The highest BCUT2D eigenvalue weighted by Gasteiger charge is 2.33. The van der Waals surface area contributed by atoms with Gasteiger partial charge in [-0.2, -0.15) is 18.3 Å². The highest BCUT2D eigenvalue weighted by Crippen LogP contribution is 2.35. The molecule has 0 aliphatic carbocycles. The third-order valence-electron chi connectivity index (χ3n) is 6.40. The summed E-state index contributed by atoms with van der Waals surface area (Å²) in [6.07, 6.45) is -0.429. The first kappa shape index (κ1) is 29.4. The third kappa shape index (κ3) is 7.77. The fourth-order valence-electron chi connectivity index (χ4n) is 4.36. The van der Waals surface area contributed by atoms with Crippen molar-refractivity contribution in [1.29, 1.82) is 0 Å². The van der Waals surface area contributed by atoms with E-state index in [0.717, 1.165) is 56.4 Å². The standard InChI is InChI=1S/C28H25ClF3N7O2/c29-24-9-7-19(14-23(24)28(30,31)32)16-34-37-27(41)22-15-21(39-11-2-1-3-12-39)8-10-25(22)36-26(40)20-6-4-5-18(13-20)17-35-38-33/h4-10,13-16H,1-3,11-12,17H2,(H,36,40)(H,37,41)/b34-16-. The van der Waals surface area contributed by atoms with Crippen molar-refractivity contribution >= 4 is 41.0 Å². The van der Waals surface area contributed by atoms with Crippen molar-refractivity contribution in [1.82, 2.24) is 5.43 Å². The largest absolute Gasteiger partial charge is 0.417 e. The van der Waals surface area contributed by atoms with Crippen molar-refractivity contribution in [3.63, 3.8) is 0 Å². The normalized spacial score (nSPS) is 13.5. The van der Waals surface area contributed by atoms with Crippen LogP contribution in [0.5, 0.6) is 0 Å². The van der Waals surface area contributed by atoms with Crippen LogP contribution in [0.2, 0.25) is 5.02 Å². The smallest absolute Gasteiger partial charge is 0.372 e. The molecule has 0 bridgehead atoms. The molecule has 212 valence electrons. The zero-order valence-electron chi connectivity index (χ0n) is 21.7. The Morgan fingerprint density at radius 3 is 2.54 bits per heavy atom. The number of halogens is 4. The number of rotatable bonds is 8. The van der Waals surface area contributed by atoms with Crippen molar-refractivity contribution in [2.24, 2.45) is 10.2 Å². The summed E-state index contributed by atoms with van der Waals surface area (Å²) in [6, 6.07) is 14.9. The Morgan fingerprint density at radius 2 is 1.80 bits per heavy atom. The minimum Gasteiger partial charge on any atom is -0.372 e. The van der Waals surface area contributed by atoms with Gasteiger partial charge in [-0.3, -0.25) is 9.59 Å². The van der Waals surface area contributed by atoms with Crippen LogP contribution in [0.25, 0.3) is 10.4 Å². The van der Waals surface area contributed by atoms with Gasteiger partial charge in [0.25, 0.3) is 11.8 Å². The molecule has 13 heteroatoms. The number of nitrogens with zero attached hydrogens (tertiary/aromatic N) is 5. The monoisotopic (exact) mass is 583 g/mol. The van der Waals surface area contributed by atoms with E-state index in [1.54, 1.807) is 36.4 Å². The maximum Gasteiger partial charge on any atom is 0.417 e. The Hall–Kier alpha value is -4.54. The molecule has 1 saturated heterocycles. The maximum absolute atomic E-state index is 13.2. The minimum absolute atomic E-state index is 0.0753. The number of piperidine rings is 1. The van der Waals surface area contributed by atoms with Crippen molar-refractivity contribution in [2.75, 3.05) is 23.3 Å². The van der Waals surface area contributed by atoms with Crippen LogP contribution >= 0.6 is 11.6 Å². The SMILES string of the molecule is [N-]=[N+]=NCc1cccc(C(=O)Nc2ccc(N3CCCCC3)cc2C(=O)N/N=C\c2ccc(Cl)c(C(F)(F)F)c2)c1. The van der Waals surface area contributed by atoms with E-state index in [4.69, 9.17) is 17.1 Å². The van der Waals surface area contributed by atoms with Crippen LogP contribution in [0.3, 0.4) is 0 Å². The molecular formula is C28H25ClF3N7O2. The molecule has 2 N–H and O–H groups in total. The molecule has 9 nitrogen and oxygen atoms in total. The number of amides is 2. The van der Waals surface area contributed by atoms with Crippen molar-refractivity contribution in [3.05, 3.63) is 104 Å². The van der Waals surface area contributed by atoms with Crippen LogP contribution in [-0.4, -0.2) is 31.1 Å². The number of alkyl halides is 3. The molecule has 3 aromatic rings. The lowest BCUT2D eigenvalue weighted by Gasteiger charge is -2.29. The number of hydrogen-bond donors (Lipinski definition) is 2. The zero-order valence-corrected chi connectivity index (χ0v) is 22.4. The van der Waals surface area contributed by atoms with Gasteiger partial charge in [-0.25, -0.2) is 5.43 Å². The lowest BCUT2D eigenvalue weighted by atomic mass is 10.1. The van der Waals surface area contributed by atoms with Gasteiger partial charge < -0.3 is 10.2 Å². The molecule has 1 aliphatic rings. The van der Waals surface area contributed by atoms with Crippen LogP contribution in [0.15, 0.2) is 70.9 Å². The first-order valence-electron chi connectivity index (χ1n) is 12.7. The molecule has 1 heterocycles. The quantitative estimate of drug-likeness (QED) is 0.0960. The van der Waals surface area contributed by atoms with Gasteiger partial charge >= 0.3 is 6.18 Å². The Balaban J connectivity index is 1.58. The maximum atomic E-state index is 13.2. The number of anilines is 2. The van der Waals surface area contributed by atoms with E-state index in [-0.39, 0.29) is 23.4 Å². The topological polar surface area (TPSA) is 123 Å². The lowest BCUT2D eigenvalue weighted by Crippen LogP contribution is -2.30. The molecule has 2 amide bonds. The molecule has 1 fully saturated rings. The predicted octanol–water partition coefficient (Wildman–Crippen LogP) is 7.18. The third-order valence-corrected chi connectivity index (χ3v) is 6.73. The molecule has 0 aromatic heterocycles. The van der Waals surface area contributed by atoms with E-state index < -0.39 is 28.6 Å². The molecule has 4 rings (SSSR count). The molecule has 1 aliphatic heterocycles. The molecule has 0 radical (unpaired) electrons. The number of azide groups is 1. The van der Waals surface area contributed by atoms with Crippen molar-refractivity contribution in [3.8, 4) is 0 Å². The second kappa shape index (κ2) is 13.2. The van der Waals surface area contributed by atoms with Gasteiger partial charge in [-0.15, -0.1) is 0 Å². The number of carbonyl (C=O) groups is 2. The van der Waals surface area contributed by atoms with Crippen LogP contribution in [-0.2, 0) is 12.7 Å². The van der Waals surface area contributed by atoms with Gasteiger partial charge in [-0.1, -0.05) is 34.9 Å². The summed E-state index contributed by atoms with van der Waals surface area (Å²) in [5, 5.41) is 9.63. The first-order chi connectivity index (χ1) is 19.7. The van der Waals surface area contributed by atoms with Gasteiger partial charge in [-0.05, 0) is 78.4 Å². The zero-order chi connectivity index (χ0) is 29.4. The number of nitrogens with one attached hydrogen (secondary N) is 2. The predicted molar refractivity (Wildman–Crippen MR) is 151 cm³/mol. The average molecular weight is 584 g/mol. The van der Waals surface area contributed by atoms with Crippen molar-refractivity contribution in [2.45, 2.75) is 32.0 Å². The van der Waals surface area contributed by atoms with Crippen LogP contribution in [0.1, 0.15) is 56.7 Å². The van der Waals surface area contributed by atoms with Gasteiger partial charge in [0.2, 0.25) is 0 Å². The summed E-state index contributed by atoms with van der Waals surface area (Å²) in [6.45, 7) is 1.72. The van der Waals surface area contributed by atoms with Crippen LogP contribution < -0.4 is 15.6 Å². The van der Waals surface area contributed by atoms with E-state index in [2.05, 4.69) is 30.8 Å². The van der Waals surface area contributed by atoms with Crippen LogP contribution in [0.4, 0.5) is 24.5 Å². The van der Waals surface area contributed by atoms with Gasteiger partial charge in [0.1, 0.15) is 0 Å². The highest BCUT2D eigenvalue weighted by atomic mass is 35.5. The number of carbonyl (C=O) groups excluding carboxylic acids is 2. The molecule has 3 aromatic carbocycles. The first-order valence-corrected chi connectivity index (χ1v) is 13.0.